The maximum Gasteiger partial charge on any atom is 0.349 e. The first-order chi connectivity index (χ1) is 9.61. The zero-order valence-corrected chi connectivity index (χ0v) is 10.5. The zero-order valence-electron chi connectivity index (χ0n) is 10.5. The molecule has 0 amide bonds. The molecule has 0 unspecified atom stereocenters. The van der Waals surface area contributed by atoms with Crippen LogP contribution in [-0.2, 0) is 0 Å². The molecule has 20 heavy (non-hydrogen) atoms. The van der Waals surface area contributed by atoms with Crippen LogP contribution in [0.2, 0.25) is 0 Å². The molecule has 3 aromatic rings. The third kappa shape index (κ3) is 1.64. The molecule has 3 aromatic heterocycles. The molecule has 0 spiro atoms. The lowest BCUT2D eigenvalue weighted by Crippen LogP contribution is -2.19. The quantitative estimate of drug-likeness (QED) is 0.254. The molecule has 0 aliphatic rings. The fraction of sp³-hybridized carbons (Fsp3) is 0.0909. The Bertz CT molecular complexity index is 870. The van der Waals surface area contributed by atoms with Crippen LogP contribution >= 0.6 is 0 Å². The smallest absolute Gasteiger partial charge is 0.349 e. The molecule has 0 aromatic carbocycles. The van der Waals surface area contributed by atoms with E-state index >= 15 is 0 Å². The number of aromatic amines is 1. The Labute approximate surface area is 112 Å². The minimum absolute atomic E-state index is 0.0336. The number of nitrogens with one attached hydrogen (secondary N) is 1. The summed E-state index contributed by atoms with van der Waals surface area (Å²) >= 11 is 0. The normalized spacial score (nSPS) is 12.2. The number of aromatic nitrogens is 5. The maximum atomic E-state index is 11.5. The molecular weight excluding hydrogens is 262 g/mol. The Morgan fingerprint density at radius 3 is 3.10 bits per heavy atom. The Kier molecular flexibility index (Phi) is 2.53. The van der Waals surface area contributed by atoms with Gasteiger partial charge in [-0.1, -0.05) is 5.16 Å². The molecule has 0 aliphatic carbocycles. The lowest BCUT2D eigenvalue weighted by atomic mass is 10.4. The number of rotatable bonds is 2. The average Bonchev–Trinajstić information content (AvgIpc) is 3.05. The molecule has 0 saturated heterocycles. The van der Waals surface area contributed by atoms with Crippen LogP contribution in [0.1, 0.15) is 11.5 Å². The Balaban J connectivity index is 2.26. The summed E-state index contributed by atoms with van der Waals surface area (Å²) < 4.78 is 3.00. The van der Waals surface area contributed by atoms with Crippen molar-refractivity contribution in [1.82, 2.24) is 24.1 Å². The molecule has 4 N–H and O–H groups in total. The third-order valence-electron chi connectivity index (χ3n) is 2.92. The van der Waals surface area contributed by atoms with E-state index in [4.69, 9.17) is 10.9 Å². The Morgan fingerprint density at radius 2 is 2.35 bits per heavy atom. The molecule has 0 saturated carbocycles. The fourth-order valence-corrected chi connectivity index (χ4v) is 2.05. The standard InChI is InChI=1S/C11H11N7O2/c1-6-13-8(5-9-14-15-11(19)18(6)9)17-4-2-3-7(17)10(12)16-20/h2-5,20H,1H3,(H2,12,16)(H,15,19). The summed E-state index contributed by atoms with van der Waals surface area (Å²) in [6, 6.07) is 5.05. The van der Waals surface area contributed by atoms with Gasteiger partial charge >= 0.3 is 5.69 Å². The molecule has 0 aliphatic heterocycles. The van der Waals surface area contributed by atoms with Crippen molar-refractivity contribution in [3.05, 3.63) is 46.4 Å². The van der Waals surface area contributed by atoms with Gasteiger partial charge in [0.15, 0.2) is 11.5 Å². The number of aryl methyl sites for hydroxylation is 1. The van der Waals surface area contributed by atoms with Gasteiger partial charge in [-0.3, -0.25) is 4.57 Å². The summed E-state index contributed by atoms with van der Waals surface area (Å²) in [6.45, 7) is 1.69. The number of nitrogens with two attached hydrogens (primary N) is 1. The molecule has 0 fully saturated rings. The SMILES string of the molecule is Cc1nc(-n2cccc2/C(N)=N/O)cc2n[nH]c(=O)n12. The molecule has 0 bridgehead atoms. The minimum atomic E-state index is -0.347. The van der Waals surface area contributed by atoms with Crippen molar-refractivity contribution in [2.45, 2.75) is 6.92 Å². The number of fused-ring (bicyclic) bond motifs is 1. The lowest BCUT2D eigenvalue weighted by Gasteiger charge is -2.08. The number of H-pyrrole nitrogens is 1. The van der Waals surface area contributed by atoms with Crippen molar-refractivity contribution in [3.8, 4) is 5.82 Å². The van der Waals surface area contributed by atoms with Crippen molar-refractivity contribution >= 4 is 11.5 Å². The van der Waals surface area contributed by atoms with Crippen molar-refractivity contribution in [2.75, 3.05) is 0 Å². The van der Waals surface area contributed by atoms with Crippen LogP contribution in [-0.4, -0.2) is 35.2 Å². The highest BCUT2D eigenvalue weighted by Crippen LogP contribution is 2.12. The van der Waals surface area contributed by atoms with Gasteiger partial charge in [0, 0.05) is 12.3 Å². The van der Waals surface area contributed by atoms with E-state index in [9.17, 15) is 4.79 Å². The molecule has 3 heterocycles. The van der Waals surface area contributed by atoms with Gasteiger partial charge in [-0.25, -0.2) is 19.3 Å². The molecular formula is C11H11N7O2. The second-order valence-electron chi connectivity index (χ2n) is 4.13. The van der Waals surface area contributed by atoms with Gasteiger partial charge in [-0.05, 0) is 19.1 Å². The summed E-state index contributed by atoms with van der Waals surface area (Å²) in [7, 11) is 0. The molecule has 0 radical (unpaired) electrons. The van der Waals surface area contributed by atoms with Crippen LogP contribution in [0.15, 0.2) is 34.3 Å². The number of hydrogen-bond acceptors (Lipinski definition) is 5. The van der Waals surface area contributed by atoms with E-state index in [-0.39, 0.29) is 11.5 Å². The van der Waals surface area contributed by atoms with Crippen LogP contribution in [0.4, 0.5) is 0 Å². The predicted octanol–water partition coefficient (Wildman–Crippen LogP) is -0.389. The summed E-state index contributed by atoms with van der Waals surface area (Å²) in [5.41, 5.74) is 6.19. The van der Waals surface area contributed by atoms with Crippen LogP contribution in [0, 0.1) is 6.92 Å². The van der Waals surface area contributed by atoms with Gasteiger partial charge < -0.3 is 10.9 Å². The summed E-state index contributed by atoms with van der Waals surface area (Å²) in [6.07, 6.45) is 1.72. The molecule has 9 heteroatoms. The maximum absolute atomic E-state index is 11.5. The van der Waals surface area contributed by atoms with Crippen molar-refractivity contribution in [1.29, 1.82) is 0 Å². The number of oxime groups is 1. The summed E-state index contributed by atoms with van der Waals surface area (Å²) in [5.74, 6) is 0.963. The second-order valence-corrected chi connectivity index (χ2v) is 4.13. The van der Waals surface area contributed by atoms with Gasteiger partial charge in [-0.2, -0.15) is 5.10 Å². The van der Waals surface area contributed by atoms with E-state index in [0.29, 0.717) is 23.0 Å². The highest BCUT2D eigenvalue weighted by Gasteiger charge is 2.12. The predicted molar refractivity (Wildman–Crippen MR) is 70.2 cm³/mol. The van der Waals surface area contributed by atoms with Gasteiger partial charge in [-0.15, -0.1) is 0 Å². The summed E-state index contributed by atoms with van der Waals surface area (Å²) in [4.78, 5) is 15.9. The zero-order chi connectivity index (χ0) is 14.3. The first-order valence-corrected chi connectivity index (χ1v) is 5.72. The van der Waals surface area contributed by atoms with Crippen LogP contribution in [0.3, 0.4) is 0 Å². The van der Waals surface area contributed by atoms with E-state index in [1.807, 2.05) is 0 Å². The first-order valence-electron chi connectivity index (χ1n) is 5.72. The van der Waals surface area contributed by atoms with E-state index in [1.54, 1.807) is 35.9 Å². The Hall–Kier alpha value is -3.10. The van der Waals surface area contributed by atoms with Crippen LogP contribution < -0.4 is 11.4 Å². The minimum Gasteiger partial charge on any atom is -0.409 e. The summed E-state index contributed by atoms with van der Waals surface area (Å²) in [5, 5.41) is 18.0. The van der Waals surface area contributed by atoms with Crippen molar-refractivity contribution < 1.29 is 5.21 Å². The van der Waals surface area contributed by atoms with Crippen LogP contribution in [0.25, 0.3) is 11.5 Å². The average molecular weight is 273 g/mol. The van der Waals surface area contributed by atoms with Gasteiger partial charge in [0.05, 0.1) is 5.69 Å². The first kappa shape index (κ1) is 12.0. The molecule has 102 valence electrons. The van der Waals surface area contributed by atoms with Crippen molar-refractivity contribution in [2.24, 2.45) is 10.9 Å². The van der Waals surface area contributed by atoms with E-state index in [2.05, 4.69) is 20.3 Å². The second kappa shape index (κ2) is 4.23. The highest BCUT2D eigenvalue weighted by atomic mass is 16.4. The molecule has 9 nitrogen and oxygen atoms in total. The topological polar surface area (TPSA) is 127 Å². The van der Waals surface area contributed by atoms with Gasteiger partial charge in [0.25, 0.3) is 0 Å². The number of amidine groups is 1. The fourth-order valence-electron chi connectivity index (χ4n) is 2.05. The highest BCUT2D eigenvalue weighted by molar-refractivity contribution is 5.96. The third-order valence-corrected chi connectivity index (χ3v) is 2.92. The van der Waals surface area contributed by atoms with Gasteiger partial charge in [0.1, 0.15) is 11.6 Å². The van der Waals surface area contributed by atoms with Crippen molar-refractivity contribution in [3.63, 3.8) is 0 Å². The number of hydrogen-bond donors (Lipinski definition) is 3. The van der Waals surface area contributed by atoms with Gasteiger partial charge in [0.2, 0.25) is 0 Å². The molecule has 3 rings (SSSR count). The lowest BCUT2D eigenvalue weighted by molar-refractivity contribution is 0.318. The van der Waals surface area contributed by atoms with E-state index in [0.717, 1.165) is 0 Å². The largest absolute Gasteiger partial charge is 0.409 e. The van der Waals surface area contributed by atoms with E-state index in [1.165, 1.54) is 4.40 Å². The Morgan fingerprint density at radius 1 is 1.55 bits per heavy atom. The molecule has 0 atom stereocenters. The van der Waals surface area contributed by atoms with E-state index < -0.39 is 0 Å². The monoisotopic (exact) mass is 273 g/mol. The van der Waals surface area contributed by atoms with Crippen LogP contribution in [0.5, 0.6) is 0 Å². The number of nitrogens with zero attached hydrogens (tertiary/aromatic N) is 5.